The Kier molecular flexibility index (Phi) is 9.67. The lowest BCUT2D eigenvalue weighted by Gasteiger charge is -2.09. The van der Waals surface area contributed by atoms with E-state index in [4.69, 9.17) is 15.2 Å². The van der Waals surface area contributed by atoms with Crippen molar-refractivity contribution in [3.8, 4) is 11.6 Å². The summed E-state index contributed by atoms with van der Waals surface area (Å²) in [6.45, 7) is -0.0486. The van der Waals surface area contributed by atoms with Gasteiger partial charge in [-0.25, -0.2) is 22.9 Å². The molecule has 3 rings (SSSR count). The van der Waals surface area contributed by atoms with Crippen molar-refractivity contribution in [3.05, 3.63) is 83.6 Å². The van der Waals surface area contributed by atoms with Crippen LogP contribution in [0.2, 0.25) is 0 Å². The molecule has 204 valence electrons. The number of nitrogens with one attached hydrogen (secondary N) is 3. The van der Waals surface area contributed by atoms with Crippen LogP contribution in [0.4, 0.5) is 4.79 Å². The van der Waals surface area contributed by atoms with E-state index in [1.807, 2.05) is 34.3 Å². The molecule has 0 atom stereocenters. The Morgan fingerprint density at radius 1 is 0.897 bits per heavy atom. The fraction of sp³-hybridized carbons (Fsp3) is 0.160. The fourth-order valence-corrected chi connectivity index (χ4v) is 4.07. The van der Waals surface area contributed by atoms with Crippen LogP contribution < -0.4 is 30.6 Å². The van der Waals surface area contributed by atoms with Gasteiger partial charge < -0.3 is 20.5 Å². The zero-order valence-electron chi connectivity index (χ0n) is 20.7. The van der Waals surface area contributed by atoms with Crippen LogP contribution in [0.3, 0.4) is 0 Å². The Bertz CT molecular complexity index is 1440. The van der Waals surface area contributed by atoms with Gasteiger partial charge in [0, 0.05) is 24.4 Å². The third-order valence-corrected chi connectivity index (χ3v) is 6.48. The van der Waals surface area contributed by atoms with Gasteiger partial charge in [0.1, 0.15) is 5.75 Å². The summed E-state index contributed by atoms with van der Waals surface area (Å²) in [5.74, 6) is -1.64. The number of rotatable bonds is 10. The molecule has 0 saturated carbocycles. The quantitative estimate of drug-likeness (QED) is 0.277. The van der Waals surface area contributed by atoms with Gasteiger partial charge in [0.05, 0.1) is 24.1 Å². The van der Waals surface area contributed by atoms with E-state index in [2.05, 4.69) is 10.3 Å². The Morgan fingerprint density at radius 3 is 2.15 bits per heavy atom. The number of ether oxygens (including phenoxy) is 2. The Hall–Kier alpha value is -4.82. The minimum absolute atomic E-state index is 0.141. The number of amides is 4. The molecular weight excluding hydrogens is 530 g/mol. The molecule has 0 spiro atoms. The lowest BCUT2D eigenvalue weighted by molar-refractivity contribution is -0.118. The van der Waals surface area contributed by atoms with Crippen molar-refractivity contribution in [2.75, 3.05) is 20.2 Å². The van der Waals surface area contributed by atoms with Crippen molar-refractivity contribution < 1.29 is 37.1 Å². The second-order valence-electron chi connectivity index (χ2n) is 7.84. The molecule has 13 nitrogen and oxygen atoms in total. The molecule has 0 aliphatic rings. The largest absolute Gasteiger partial charge is 0.497 e. The van der Waals surface area contributed by atoms with Crippen LogP contribution in [-0.4, -0.2) is 57.4 Å². The lowest BCUT2D eigenvalue weighted by Crippen LogP contribution is -2.37. The number of nitrogens with two attached hydrogens (primary N) is 1. The van der Waals surface area contributed by atoms with Gasteiger partial charge in [0.2, 0.25) is 11.8 Å². The molecule has 3 aromatic rings. The maximum atomic E-state index is 12.6. The number of benzene rings is 2. The number of hydrogen-bond donors (Lipinski definition) is 4. The van der Waals surface area contributed by atoms with E-state index in [1.54, 1.807) is 7.11 Å². The van der Waals surface area contributed by atoms with Crippen LogP contribution in [0, 0.1) is 0 Å². The van der Waals surface area contributed by atoms with Crippen LogP contribution in [0.5, 0.6) is 11.6 Å². The zero-order chi connectivity index (χ0) is 28.4. The standard InChI is InChI=1S/C25H25N5O8S/c1-37-19-7-2-16(3-8-19)12-13-27-23(32)17-4-9-20(10-5-17)39(35,36)30-24(33)18-6-11-22(28-15-18)38-25(34)29-21(31)14-26/h2-11,15H,12-14,26H2,1H3,(H,27,32)(H,30,33)(H,29,31,34). The van der Waals surface area contributed by atoms with Gasteiger partial charge in [-0.1, -0.05) is 12.1 Å². The topological polar surface area (TPSA) is 196 Å². The maximum Gasteiger partial charge on any atom is 0.420 e. The average molecular weight is 556 g/mol. The number of carbonyl (C=O) groups excluding carboxylic acids is 4. The van der Waals surface area contributed by atoms with Crippen LogP contribution >= 0.6 is 0 Å². The average Bonchev–Trinajstić information content (AvgIpc) is 2.93. The number of pyridine rings is 1. The number of methoxy groups -OCH3 is 1. The molecule has 0 bridgehead atoms. The highest BCUT2D eigenvalue weighted by atomic mass is 32.2. The Balaban J connectivity index is 1.53. The summed E-state index contributed by atoms with van der Waals surface area (Å²) in [5.41, 5.74) is 6.18. The first-order valence-electron chi connectivity index (χ1n) is 11.4. The van der Waals surface area contributed by atoms with Crippen molar-refractivity contribution in [3.63, 3.8) is 0 Å². The van der Waals surface area contributed by atoms with Crippen LogP contribution in [0.1, 0.15) is 26.3 Å². The van der Waals surface area contributed by atoms with E-state index in [9.17, 15) is 27.6 Å². The van der Waals surface area contributed by atoms with Gasteiger partial charge in [-0.15, -0.1) is 0 Å². The monoisotopic (exact) mass is 555 g/mol. The molecule has 1 heterocycles. The molecule has 0 aliphatic carbocycles. The number of aromatic nitrogens is 1. The molecule has 0 radical (unpaired) electrons. The Labute approximate surface area is 223 Å². The van der Waals surface area contributed by atoms with Gasteiger partial charge >= 0.3 is 6.09 Å². The minimum Gasteiger partial charge on any atom is -0.497 e. The van der Waals surface area contributed by atoms with Gasteiger partial charge in [-0.2, -0.15) is 0 Å². The molecule has 0 fully saturated rings. The predicted octanol–water partition coefficient (Wildman–Crippen LogP) is 0.755. The summed E-state index contributed by atoms with van der Waals surface area (Å²) in [4.78, 5) is 50.9. The Morgan fingerprint density at radius 2 is 1.56 bits per heavy atom. The molecule has 0 saturated heterocycles. The van der Waals surface area contributed by atoms with Crippen LogP contribution in [0.15, 0.2) is 71.8 Å². The predicted molar refractivity (Wildman–Crippen MR) is 138 cm³/mol. The molecule has 0 unspecified atom stereocenters. The molecule has 5 N–H and O–H groups in total. The zero-order valence-corrected chi connectivity index (χ0v) is 21.5. The highest BCUT2D eigenvalue weighted by Gasteiger charge is 2.20. The van der Waals surface area contributed by atoms with E-state index in [0.717, 1.165) is 23.6 Å². The van der Waals surface area contributed by atoms with Crippen molar-refractivity contribution in [1.29, 1.82) is 0 Å². The normalized spacial score (nSPS) is 10.7. The summed E-state index contributed by atoms with van der Waals surface area (Å²) < 4.78 is 37.0. The summed E-state index contributed by atoms with van der Waals surface area (Å²) in [6, 6.07) is 14.8. The second kappa shape index (κ2) is 13.1. The maximum absolute atomic E-state index is 12.6. The molecule has 1 aromatic heterocycles. The van der Waals surface area contributed by atoms with E-state index in [1.165, 1.54) is 30.3 Å². The lowest BCUT2D eigenvalue weighted by atomic mass is 10.1. The molecular formula is C25H25N5O8S. The molecule has 39 heavy (non-hydrogen) atoms. The smallest absolute Gasteiger partial charge is 0.420 e. The van der Waals surface area contributed by atoms with E-state index < -0.39 is 34.5 Å². The molecule has 0 aliphatic heterocycles. The molecule has 14 heteroatoms. The van der Waals surface area contributed by atoms with Crippen molar-refractivity contribution in [2.45, 2.75) is 11.3 Å². The first-order chi connectivity index (χ1) is 18.6. The van der Waals surface area contributed by atoms with E-state index in [0.29, 0.717) is 13.0 Å². The van der Waals surface area contributed by atoms with Gasteiger partial charge in [-0.3, -0.25) is 19.7 Å². The summed E-state index contributed by atoms with van der Waals surface area (Å²) in [6.07, 6.45) is 0.460. The van der Waals surface area contributed by atoms with Gasteiger partial charge in [0.25, 0.3) is 21.8 Å². The summed E-state index contributed by atoms with van der Waals surface area (Å²) in [7, 11) is -2.69. The van der Waals surface area contributed by atoms with Crippen LogP contribution in [-0.2, 0) is 21.2 Å². The fourth-order valence-electron chi connectivity index (χ4n) is 3.10. The minimum atomic E-state index is -4.27. The highest BCUT2D eigenvalue weighted by Crippen LogP contribution is 2.14. The van der Waals surface area contributed by atoms with E-state index >= 15 is 0 Å². The first-order valence-corrected chi connectivity index (χ1v) is 12.9. The van der Waals surface area contributed by atoms with Gasteiger partial charge in [-0.05, 0) is 54.4 Å². The third kappa shape index (κ3) is 8.34. The van der Waals surface area contributed by atoms with Crippen molar-refractivity contribution >= 4 is 33.8 Å². The number of nitrogens with zero attached hydrogens (tertiary/aromatic N) is 1. The second-order valence-corrected chi connectivity index (χ2v) is 9.52. The van der Waals surface area contributed by atoms with Gasteiger partial charge in [0.15, 0.2) is 0 Å². The van der Waals surface area contributed by atoms with Crippen molar-refractivity contribution in [2.24, 2.45) is 5.73 Å². The number of imide groups is 1. The van der Waals surface area contributed by atoms with Crippen molar-refractivity contribution in [1.82, 2.24) is 20.3 Å². The third-order valence-electron chi connectivity index (χ3n) is 5.13. The van der Waals surface area contributed by atoms with Crippen LogP contribution in [0.25, 0.3) is 0 Å². The number of sulfonamides is 1. The molecule has 4 amide bonds. The SMILES string of the molecule is COc1ccc(CCNC(=O)c2ccc(S(=O)(=O)NC(=O)c3ccc(OC(=O)NC(=O)CN)nc3)cc2)cc1. The summed E-state index contributed by atoms with van der Waals surface area (Å²) >= 11 is 0. The molecule has 2 aromatic carbocycles. The number of carbonyl (C=O) groups is 4. The number of hydrogen-bond acceptors (Lipinski definition) is 10. The highest BCUT2D eigenvalue weighted by molar-refractivity contribution is 7.90. The van der Waals surface area contributed by atoms with E-state index in [-0.39, 0.29) is 27.8 Å². The summed E-state index contributed by atoms with van der Waals surface area (Å²) in [5, 5.41) is 4.61. The first kappa shape index (κ1) is 28.7.